The fraction of sp³-hybridized carbons (Fsp3) is 0.286. The van der Waals surface area contributed by atoms with E-state index in [1.165, 1.54) is 5.56 Å². The lowest BCUT2D eigenvalue weighted by atomic mass is 10.2. The molecule has 0 saturated heterocycles. The van der Waals surface area contributed by atoms with Gasteiger partial charge < -0.3 is 11.1 Å². The van der Waals surface area contributed by atoms with Gasteiger partial charge in [0.05, 0.1) is 0 Å². The molecule has 0 aliphatic rings. The molecule has 0 aliphatic heterocycles. The molecule has 3 N–H and O–H groups in total. The molecular weight excluding hydrogens is 304 g/mol. The molecule has 0 unspecified atom stereocenters. The first-order chi connectivity index (χ1) is 9.10. The maximum atomic E-state index is 5.89. The van der Waals surface area contributed by atoms with Crippen LogP contribution in [0.5, 0.6) is 0 Å². The number of hydrogen-bond donors (Lipinski definition) is 2. The lowest BCUT2D eigenvalue weighted by molar-refractivity contribution is 0.928. The quantitative estimate of drug-likeness (QED) is 0.907. The molecule has 0 atom stereocenters. The molecule has 4 nitrogen and oxygen atoms in total. The first kappa shape index (κ1) is 13.8. The number of halogens is 1. The predicted octanol–water partition coefficient (Wildman–Crippen LogP) is 3.30. The van der Waals surface area contributed by atoms with Gasteiger partial charge in [-0.1, -0.05) is 35.0 Å². The number of rotatable bonds is 4. The van der Waals surface area contributed by atoms with Crippen LogP contribution < -0.4 is 11.1 Å². The second-order valence-corrected chi connectivity index (χ2v) is 5.25. The molecule has 0 aliphatic carbocycles. The second-order valence-electron chi connectivity index (χ2n) is 4.34. The molecule has 1 heterocycles. The van der Waals surface area contributed by atoms with Crippen LogP contribution in [0.2, 0.25) is 0 Å². The van der Waals surface area contributed by atoms with Crippen molar-refractivity contribution in [3.8, 4) is 0 Å². The van der Waals surface area contributed by atoms with Gasteiger partial charge in [-0.2, -0.15) is 0 Å². The molecule has 19 heavy (non-hydrogen) atoms. The summed E-state index contributed by atoms with van der Waals surface area (Å²) in [7, 11) is 0. The SMILES string of the molecule is CCc1nc(N)c(C)c(NCc2cccc(Br)c2)n1. The average molecular weight is 321 g/mol. The van der Waals surface area contributed by atoms with E-state index in [-0.39, 0.29) is 0 Å². The van der Waals surface area contributed by atoms with Crippen LogP contribution >= 0.6 is 15.9 Å². The van der Waals surface area contributed by atoms with E-state index >= 15 is 0 Å². The molecule has 0 radical (unpaired) electrons. The Bertz CT molecular complexity index is 584. The van der Waals surface area contributed by atoms with Gasteiger partial charge in [0.15, 0.2) is 0 Å². The van der Waals surface area contributed by atoms with Gasteiger partial charge in [0, 0.05) is 23.0 Å². The van der Waals surface area contributed by atoms with Crippen LogP contribution in [0, 0.1) is 6.92 Å². The maximum Gasteiger partial charge on any atom is 0.135 e. The summed E-state index contributed by atoms with van der Waals surface area (Å²) in [5.74, 6) is 2.12. The Balaban J connectivity index is 2.17. The monoisotopic (exact) mass is 320 g/mol. The third kappa shape index (κ3) is 3.44. The zero-order valence-corrected chi connectivity index (χ0v) is 12.7. The van der Waals surface area contributed by atoms with Gasteiger partial charge in [-0.15, -0.1) is 0 Å². The van der Waals surface area contributed by atoms with E-state index in [9.17, 15) is 0 Å². The van der Waals surface area contributed by atoms with E-state index in [0.717, 1.165) is 28.1 Å². The van der Waals surface area contributed by atoms with Crippen molar-refractivity contribution in [2.45, 2.75) is 26.8 Å². The fourth-order valence-corrected chi connectivity index (χ4v) is 2.19. The third-order valence-corrected chi connectivity index (χ3v) is 3.39. The van der Waals surface area contributed by atoms with Gasteiger partial charge in [0.2, 0.25) is 0 Å². The van der Waals surface area contributed by atoms with E-state index in [1.54, 1.807) is 0 Å². The van der Waals surface area contributed by atoms with Gasteiger partial charge in [-0.05, 0) is 24.6 Å². The summed E-state index contributed by atoms with van der Waals surface area (Å²) in [5, 5.41) is 3.32. The number of aromatic nitrogens is 2. The van der Waals surface area contributed by atoms with Crippen LogP contribution in [0.15, 0.2) is 28.7 Å². The molecule has 0 spiro atoms. The number of nitrogens with zero attached hydrogens (tertiary/aromatic N) is 2. The lowest BCUT2D eigenvalue weighted by Crippen LogP contribution is -2.09. The van der Waals surface area contributed by atoms with E-state index in [0.29, 0.717) is 12.4 Å². The molecule has 5 heteroatoms. The number of nitrogens with one attached hydrogen (secondary N) is 1. The molecule has 2 aromatic rings. The van der Waals surface area contributed by atoms with Gasteiger partial charge >= 0.3 is 0 Å². The van der Waals surface area contributed by atoms with Gasteiger partial charge in [-0.25, -0.2) is 9.97 Å². The standard InChI is InChI=1S/C14H17BrN4/c1-3-12-18-13(16)9(2)14(19-12)17-8-10-5-4-6-11(15)7-10/h4-7H,3,8H2,1-2H3,(H3,16,17,18,19). The number of nitrogens with two attached hydrogens (primary N) is 1. The summed E-state index contributed by atoms with van der Waals surface area (Å²) in [6.45, 7) is 4.65. The number of hydrogen-bond acceptors (Lipinski definition) is 4. The van der Waals surface area contributed by atoms with Crippen molar-refractivity contribution in [2.24, 2.45) is 0 Å². The van der Waals surface area contributed by atoms with E-state index in [1.807, 2.05) is 26.0 Å². The normalized spacial score (nSPS) is 10.5. The minimum absolute atomic E-state index is 0.545. The summed E-state index contributed by atoms with van der Waals surface area (Å²) in [6, 6.07) is 8.17. The number of anilines is 2. The minimum Gasteiger partial charge on any atom is -0.383 e. The van der Waals surface area contributed by atoms with Crippen molar-refractivity contribution < 1.29 is 0 Å². The van der Waals surface area contributed by atoms with Crippen molar-refractivity contribution in [3.05, 3.63) is 45.7 Å². The molecule has 0 fully saturated rings. The van der Waals surface area contributed by atoms with Crippen molar-refractivity contribution >= 4 is 27.6 Å². The first-order valence-corrected chi connectivity index (χ1v) is 7.00. The largest absolute Gasteiger partial charge is 0.383 e. The topological polar surface area (TPSA) is 63.8 Å². The summed E-state index contributed by atoms with van der Waals surface area (Å²) < 4.78 is 1.07. The highest BCUT2D eigenvalue weighted by atomic mass is 79.9. The van der Waals surface area contributed by atoms with Crippen molar-refractivity contribution in [3.63, 3.8) is 0 Å². The summed E-state index contributed by atoms with van der Waals surface area (Å²) in [6.07, 6.45) is 0.774. The lowest BCUT2D eigenvalue weighted by Gasteiger charge is -2.11. The maximum absolute atomic E-state index is 5.89. The Kier molecular flexibility index (Phi) is 4.37. The molecule has 0 bridgehead atoms. The van der Waals surface area contributed by atoms with Crippen LogP contribution in [-0.2, 0) is 13.0 Å². The third-order valence-electron chi connectivity index (χ3n) is 2.89. The predicted molar refractivity (Wildman–Crippen MR) is 82.0 cm³/mol. The van der Waals surface area contributed by atoms with E-state index in [4.69, 9.17) is 5.73 Å². The molecule has 1 aromatic heterocycles. The smallest absolute Gasteiger partial charge is 0.135 e. The highest BCUT2D eigenvalue weighted by molar-refractivity contribution is 9.10. The summed E-state index contributed by atoms with van der Waals surface area (Å²) in [5.41, 5.74) is 7.97. The Morgan fingerprint density at radius 2 is 2.11 bits per heavy atom. The second kappa shape index (κ2) is 6.02. The van der Waals surface area contributed by atoms with Gasteiger partial charge in [0.25, 0.3) is 0 Å². The summed E-state index contributed by atoms with van der Waals surface area (Å²) >= 11 is 3.46. The van der Waals surface area contributed by atoms with Crippen LogP contribution in [0.4, 0.5) is 11.6 Å². The van der Waals surface area contributed by atoms with Gasteiger partial charge in [-0.3, -0.25) is 0 Å². The molecule has 100 valence electrons. The molecule has 1 aromatic carbocycles. The first-order valence-electron chi connectivity index (χ1n) is 6.21. The van der Waals surface area contributed by atoms with Crippen LogP contribution in [0.25, 0.3) is 0 Å². The molecular formula is C14H17BrN4. The average Bonchev–Trinajstić information content (AvgIpc) is 2.40. The van der Waals surface area contributed by atoms with Crippen molar-refractivity contribution in [1.29, 1.82) is 0 Å². The zero-order valence-electron chi connectivity index (χ0n) is 11.1. The Hall–Kier alpha value is -1.62. The fourth-order valence-electron chi connectivity index (χ4n) is 1.75. The highest BCUT2D eigenvalue weighted by Gasteiger charge is 2.07. The van der Waals surface area contributed by atoms with Crippen LogP contribution in [0.3, 0.4) is 0 Å². The molecule has 0 saturated carbocycles. The number of aryl methyl sites for hydroxylation is 1. The van der Waals surface area contributed by atoms with Crippen molar-refractivity contribution in [1.82, 2.24) is 9.97 Å². The highest BCUT2D eigenvalue weighted by Crippen LogP contribution is 2.19. The van der Waals surface area contributed by atoms with E-state index < -0.39 is 0 Å². The Labute approximate surface area is 121 Å². The minimum atomic E-state index is 0.545. The Morgan fingerprint density at radius 3 is 2.79 bits per heavy atom. The number of nitrogen functional groups attached to an aromatic ring is 1. The number of benzene rings is 1. The summed E-state index contributed by atoms with van der Waals surface area (Å²) in [4.78, 5) is 8.72. The van der Waals surface area contributed by atoms with Crippen LogP contribution in [0.1, 0.15) is 23.9 Å². The van der Waals surface area contributed by atoms with Crippen LogP contribution in [-0.4, -0.2) is 9.97 Å². The van der Waals surface area contributed by atoms with Crippen molar-refractivity contribution in [2.75, 3.05) is 11.1 Å². The molecule has 0 amide bonds. The van der Waals surface area contributed by atoms with E-state index in [2.05, 4.69) is 43.3 Å². The molecule has 2 rings (SSSR count). The van der Waals surface area contributed by atoms with Gasteiger partial charge in [0.1, 0.15) is 17.5 Å². The Morgan fingerprint density at radius 1 is 1.32 bits per heavy atom. The zero-order chi connectivity index (χ0) is 13.8.